The van der Waals surface area contributed by atoms with Crippen molar-refractivity contribution in [3.8, 4) is 6.07 Å². The lowest BCUT2D eigenvalue weighted by molar-refractivity contribution is -0.120. The zero-order chi connectivity index (χ0) is 12.0. The molecule has 0 bridgehead atoms. The summed E-state index contributed by atoms with van der Waals surface area (Å²) in [5.74, 6) is 0.447. The molecule has 0 saturated carbocycles. The first kappa shape index (κ1) is 11.9. The summed E-state index contributed by atoms with van der Waals surface area (Å²) >= 11 is 0. The van der Waals surface area contributed by atoms with Crippen molar-refractivity contribution >= 4 is 11.7 Å². The normalized spacial score (nSPS) is 9.31. The van der Waals surface area contributed by atoms with Crippen LogP contribution in [0.5, 0.6) is 0 Å². The van der Waals surface area contributed by atoms with Gasteiger partial charge in [0.25, 0.3) is 0 Å². The van der Waals surface area contributed by atoms with Gasteiger partial charge in [-0.3, -0.25) is 4.79 Å². The Kier molecular flexibility index (Phi) is 4.21. The molecule has 1 N–H and O–H groups in total. The van der Waals surface area contributed by atoms with Gasteiger partial charge < -0.3 is 10.2 Å². The SMILES string of the molecule is CNC(=O)CCN(C)c1nnccc1C#N. The minimum absolute atomic E-state index is 0.0470. The third-order valence-corrected chi connectivity index (χ3v) is 2.14. The van der Waals surface area contributed by atoms with Crippen LogP contribution in [-0.4, -0.2) is 36.7 Å². The van der Waals surface area contributed by atoms with E-state index in [1.807, 2.05) is 6.07 Å². The quantitative estimate of drug-likeness (QED) is 0.766. The molecular formula is C10H13N5O. The molecule has 1 aromatic heterocycles. The number of aromatic nitrogens is 2. The number of nitriles is 1. The average molecular weight is 219 g/mol. The fraction of sp³-hybridized carbons (Fsp3) is 0.400. The minimum Gasteiger partial charge on any atom is -0.359 e. The summed E-state index contributed by atoms with van der Waals surface area (Å²) in [6.45, 7) is 0.493. The van der Waals surface area contributed by atoms with Crippen molar-refractivity contribution in [3.05, 3.63) is 17.8 Å². The third-order valence-electron chi connectivity index (χ3n) is 2.14. The third kappa shape index (κ3) is 2.92. The van der Waals surface area contributed by atoms with Gasteiger partial charge in [-0.15, -0.1) is 5.10 Å². The zero-order valence-corrected chi connectivity index (χ0v) is 9.27. The molecule has 0 saturated heterocycles. The lowest BCUT2D eigenvalue weighted by Gasteiger charge is -2.17. The van der Waals surface area contributed by atoms with Crippen molar-refractivity contribution in [2.45, 2.75) is 6.42 Å². The lowest BCUT2D eigenvalue weighted by atomic mass is 10.3. The van der Waals surface area contributed by atoms with Crippen LogP contribution in [0, 0.1) is 11.3 Å². The van der Waals surface area contributed by atoms with E-state index in [0.29, 0.717) is 24.3 Å². The number of carbonyl (C=O) groups is 1. The van der Waals surface area contributed by atoms with Gasteiger partial charge in [-0.05, 0) is 6.07 Å². The molecule has 1 rings (SSSR count). The molecule has 0 aliphatic rings. The molecule has 0 atom stereocenters. The topological polar surface area (TPSA) is 81.9 Å². The van der Waals surface area contributed by atoms with Crippen LogP contribution in [0.2, 0.25) is 0 Å². The maximum absolute atomic E-state index is 11.1. The van der Waals surface area contributed by atoms with Gasteiger partial charge >= 0.3 is 0 Å². The minimum atomic E-state index is -0.0470. The van der Waals surface area contributed by atoms with Crippen LogP contribution < -0.4 is 10.2 Å². The summed E-state index contributed by atoms with van der Waals surface area (Å²) in [4.78, 5) is 12.8. The maximum Gasteiger partial charge on any atom is 0.221 e. The number of nitrogens with one attached hydrogen (secondary N) is 1. The van der Waals surface area contributed by atoms with E-state index in [1.54, 1.807) is 25.1 Å². The summed E-state index contributed by atoms with van der Waals surface area (Å²) in [6.07, 6.45) is 1.82. The summed E-state index contributed by atoms with van der Waals surface area (Å²) in [5.41, 5.74) is 0.453. The summed E-state index contributed by atoms with van der Waals surface area (Å²) in [6, 6.07) is 3.63. The highest BCUT2D eigenvalue weighted by atomic mass is 16.1. The monoisotopic (exact) mass is 219 g/mol. The smallest absolute Gasteiger partial charge is 0.221 e. The average Bonchev–Trinajstić information content (AvgIpc) is 2.35. The Hall–Kier alpha value is -2.16. The van der Waals surface area contributed by atoms with Gasteiger partial charge in [-0.25, -0.2) is 0 Å². The molecule has 0 aliphatic heterocycles. The molecule has 0 fully saturated rings. The predicted octanol–water partition coefficient (Wildman–Crippen LogP) is -0.0794. The van der Waals surface area contributed by atoms with Crippen LogP contribution in [-0.2, 0) is 4.79 Å². The first-order valence-electron chi connectivity index (χ1n) is 4.82. The van der Waals surface area contributed by atoms with E-state index in [-0.39, 0.29) is 5.91 Å². The van der Waals surface area contributed by atoms with Crippen molar-refractivity contribution in [2.24, 2.45) is 0 Å². The van der Waals surface area contributed by atoms with E-state index >= 15 is 0 Å². The highest BCUT2D eigenvalue weighted by Gasteiger charge is 2.10. The highest BCUT2D eigenvalue weighted by Crippen LogP contribution is 2.13. The van der Waals surface area contributed by atoms with Gasteiger partial charge in [-0.2, -0.15) is 10.4 Å². The largest absolute Gasteiger partial charge is 0.359 e. The molecule has 0 unspecified atom stereocenters. The van der Waals surface area contributed by atoms with Gasteiger partial charge in [0.1, 0.15) is 6.07 Å². The first-order valence-corrected chi connectivity index (χ1v) is 4.82. The number of carbonyl (C=O) groups excluding carboxylic acids is 1. The number of hydrogen-bond donors (Lipinski definition) is 1. The molecule has 0 aromatic carbocycles. The molecule has 6 heteroatoms. The molecule has 6 nitrogen and oxygen atoms in total. The second-order valence-electron chi connectivity index (χ2n) is 3.23. The Bertz CT molecular complexity index is 412. The standard InChI is InChI=1S/C10H13N5O/c1-12-9(16)4-6-15(2)10-8(7-11)3-5-13-14-10/h3,5H,4,6H2,1-2H3,(H,12,16). The van der Waals surface area contributed by atoms with Crippen molar-refractivity contribution in [3.63, 3.8) is 0 Å². The zero-order valence-electron chi connectivity index (χ0n) is 9.27. The first-order chi connectivity index (χ1) is 7.69. The number of nitrogens with zero attached hydrogens (tertiary/aromatic N) is 4. The molecule has 0 aliphatic carbocycles. The van der Waals surface area contributed by atoms with Gasteiger partial charge in [0, 0.05) is 27.1 Å². The molecule has 0 radical (unpaired) electrons. The van der Waals surface area contributed by atoms with Crippen LogP contribution in [0.15, 0.2) is 12.3 Å². The molecule has 1 amide bonds. The van der Waals surface area contributed by atoms with Crippen LogP contribution in [0.4, 0.5) is 5.82 Å². The van der Waals surface area contributed by atoms with E-state index < -0.39 is 0 Å². The van der Waals surface area contributed by atoms with Crippen LogP contribution in [0.25, 0.3) is 0 Å². The van der Waals surface area contributed by atoms with E-state index in [0.717, 1.165) is 0 Å². The molecule has 1 heterocycles. The molecule has 1 aromatic rings. The molecular weight excluding hydrogens is 206 g/mol. The Morgan fingerprint density at radius 1 is 1.69 bits per heavy atom. The summed E-state index contributed by atoms with van der Waals surface area (Å²) in [5, 5.41) is 19.0. The fourth-order valence-electron chi connectivity index (χ4n) is 1.19. The van der Waals surface area contributed by atoms with Crippen molar-refractivity contribution in [1.29, 1.82) is 5.26 Å². The Labute approximate surface area is 93.9 Å². The number of hydrogen-bond acceptors (Lipinski definition) is 5. The maximum atomic E-state index is 11.1. The van der Waals surface area contributed by atoms with Gasteiger partial charge in [0.15, 0.2) is 5.82 Å². The van der Waals surface area contributed by atoms with E-state index in [2.05, 4.69) is 15.5 Å². The fourth-order valence-corrected chi connectivity index (χ4v) is 1.19. The van der Waals surface area contributed by atoms with Crippen molar-refractivity contribution in [2.75, 3.05) is 25.5 Å². The molecule has 84 valence electrons. The summed E-state index contributed by atoms with van der Waals surface area (Å²) < 4.78 is 0. The number of anilines is 1. The van der Waals surface area contributed by atoms with Crippen molar-refractivity contribution < 1.29 is 4.79 Å². The summed E-state index contributed by atoms with van der Waals surface area (Å²) in [7, 11) is 3.36. The number of rotatable bonds is 4. The lowest BCUT2D eigenvalue weighted by Crippen LogP contribution is -2.27. The molecule has 16 heavy (non-hydrogen) atoms. The van der Waals surface area contributed by atoms with Gasteiger partial charge in [-0.1, -0.05) is 0 Å². The van der Waals surface area contributed by atoms with Crippen LogP contribution >= 0.6 is 0 Å². The second kappa shape index (κ2) is 5.66. The van der Waals surface area contributed by atoms with Gasteiger partial charge in [0.2, 0.25) is 5.91 Å². The van der Waals surface area contributed by atoms with E-state index in [4.69, 9.17) is 5.26 Å². The molecule has 0 spiro atoms. The predicted molar refractivity (Wildman–Crippen MR) is 58.7 cm³/mol. The Morgan fingerprint density at radius 3 is 3.06 bits per heavy atom. The number of amides is 1. The van der Waals surface area contributed by atoms with Crippen LogP contribution in [0.3, 0.4) is 0 Å². The Morgan fingerprint density at radius 2 is 2.44 bits per heavy atom. The van der Waals surface area contributed by atoms with Crippen molar-refractivity contribution in [1.82, 2.24) is 15.5 Å². The highest BCUT2D eigenvalue weighted by molar-refractivity contribution is 5.76. The van der Waals surface area contributed by atoms with E-state index in [9.17, 15) is 4.79 Å². The van der Waals surface area contributed by atoms with Crippen LogP contribution in [0.1, 0.15) is 12.0 Å². The van der Waals surface area contributed by atoms with Gasteiger partial charge in [0.05, 0.1) is 11.8 Å². The van der Waals surface area contributed by atoms with E-state index in [1.165, 1.54) is 6.20 Å². The Balaban J connectivity index is 2.70. The second-order valence-corrected chi connectivity index (χ2v) is 3.23.